The number of carbonyl (C=O) groups is 3. The first kappa shape index (κ1) is 17.9. The highest BCUT2D eigenvalue weighted by Gasteiger charge is 2.50. The summed E-state index contributed by atoms with van der Waals surface area (Å²) in [5.74, 6) is -0.835. The Morgan fingerprint density at radius 2 is 2.12 bits per heavy atom. The number of rotatable bonds is 4. The SMILES string of the molecule is Cc1cc(I)ccc1NC(=O)CN1C(=O)NC(C)(c2cccs2)C1=O. The predicted octanol–water partition coefficient (Wildman–Crippen LogP) is 3.07. The first-order valence-corrected chi connectivity index (χ1v) is 9.51. The van der Waals surface area contributed by atoms with Gasteiger partial charge in [0.1, 0.15) is 6.54 Å². The Labute approximate surface area is 162 Å². The van der Waals surface area contributed by atoms with E-state index in [0.29, 0.717) is 5.69 Å². The van der Waals surface area contributed by atoms with Crippen LogP contribution in [0.3, 0.4) is 0 Å². The number of imide groups is 1. The Kier molecular flexibility index (Phi) is 4.83. The highest BCUT2D eigenvalue weighted by atomic mass is 127. The highest BCUT2D eigenvalue weighted by molar-refractivity contribution is 14.1. The van der Waals surface area contributed by atoms with E-state index in [2.05, 4.69) is 33.2 Å². The lowest BCUT2D eigenvalue weighted by Crippen LogP contribution is -2.41. The molecule has 6 nitrogen and oxygen atoms in total. The number of thiophene rings is 1. The molecule has 4 amide bonds. The van der Waals surface area contributed by atoms with Crippen molar-refractivity contribution >= 4 is 57.5 Å². The molecular weight excluding hydrogens is 453 g/mol. The zero-order chi connectivity index (χ0) is 18.2. The number of nitrogens with zero attached hydrogens (tertiary/aromatic N) is 1. The molecule has 1 aromatic carbocycles. The number of halogens is 1. The second-order valence-electron chi connectivity index (χ2n) is 5.93. The Bertz CT molecular complexity index is 853. The molecule has 2 heterocycles. The molecular formula is C17H16IN3O3S. The molecule has 3 rings (SSSR count). The monoisotopic (exact) mass is 469 g/mol. The van der Waals surface area contributed by atoms with Crippen LogP contribution >= 0.6 is 33.9 Å². The van der Waals surface area contributed by atoms with Gasteiger partial charge in [-0.05, 0) is 71.6 Å². The van der Waals surface area contributed by atoms with Gasteiger partial charge in [0.15, 0.2) is 5.54 Å². The minimum atomic E-state index is -1.12. The molecule has 1 aliphatic rings. The minimum Gasteiger partial charge on any atom is -0.324 e. The Morgan fingerprint density at radius 3 is 2.76 bits per heavy atom. The van der Waals surface area contributed by atoms with Crippen molar-refractivity contribution in [3.63, 3.8) is 0 Å². The lowest BCUT2D eigenvalue weighted by molar-refractivity contribution is -0.133. The van der Waals surface area contributed by atoms with E-state index in [9.17, 15) is 14.4 Å². The van der Waals surface area contributed by atoms with Gasteiger partial charge < -0.3 is 10.6 Å². The molecule has 1 unspecified atom stereocenters. The molecule has 0 aliphatic carbocycles. The lowest BCUT2D eigenvalue weighted by Gasteiger charge is -2.20. The maximum atomic E-state index is 12.7. The van der Waals surface area contributed by atoms with Crippen LogP contribution < -0.4 is 10.6 Å². The van der Waals surface area contributed by atoms with Crippen molar-refractivity contribution in [3.05, 3.63) is 49.7 Å². The summed E-state index contributed by atoms with van der Waals surface area (Å²) in [7, 11) is 0. The zero-order valence-corrected chi connectivity index (χ0v) is 16.6. The number of hydrogen-bond acceptors (Lipinski definition) is 4. The van der Waals surface area contributed by atoms with Gasteiger partial charge in [-0.2, -0.15) is 0 Å². The molecule has 25 heavy (non-hydrogen) atoms. The number of urea groups is 1. The van der Waals surface area contributed by atoms with Crippen molar-refractivity contribution in [1.29, 1.82) is 0 Å². The topological polar surface area (TPSA) is 78.5 Å². The smallest absolute Gasteiger partial charge is 0.324 e. The predicted molar refractivity (Wildman–Crippen MR) is 104 cm³/mol. The summed E-state index contributed by atoms with van der Waals surface area (Å²) in [6.07, 6.45) is 0. The van der Waals surface area contributed by atoms with Gasteiger partial charge in [0.05, 0.1) is 0 Å². The van der Waals surface area contributed by atoms with Crippen LogP contribution in [0.5, 0.6) is 0 Å². The van der Waals surface area contributed by atoms with Crippen LogP contribution in [0.4, 0.5) is 10.5 Å². The second-order valence-corrected chi connectivity index (χ2v) is 8.12. The fraction of sp³-hybridized carbons (Fsp3) is 0.235. The third kappa shape index (κ3) is 3.40. The summed E-state index contributed by atoms with van der Waals surface area (Å²) in [5, 5.41) is 7.28. The molecule has 8 heteroatoms. The summed E-state index contributed by atoms with van der Waals surface area (Å²) >= 11 is 3.58. The first-order chi connectivity index (χ1) is 11.8. The van der Waals surface area contributed by atoms with Gasteiger partial charge in [-0.15, -0.1) is 11.3 Å². The molecule has 2 N–H and O–H groups in total. The third-order valence-corrected chi connectivity index (χ3v) is 5.82. The van der Waals surface area contributed by atoms with Gasteiger partial charge >= 0.3 is 6.03 Å². The van der Waals surface area contributed by atoms with Crippen molar-refractivity contribution < 1.29 is 14.4 Å². The molecule has 130 valence electrons. The molecule has 0 saturated carbocycles. The largest absolute Gasteiger partial charge is 0.325 e. The van der Waals surface area contributed by atoms with E-state index in [1.807, 2.05) is 30.5 Å². The molecule has 1 saturated heterocycles. The lowest BCUT2D eigenvalue weighted by atomic mass is 10.0. The Morgan fingerprint density at radius 1 is 1.36 bits per heavy atom. The summed E-state index contributed by atoms with van der Waals surface area (Å²) in [6.45, 7) is 3.22. The number of hydrogen-bond donors (Lipinski definition) is 2. The van der Waals surface area contributed by atoms with Crippen molar-refractivity contribution in [2.24, 2.45) is 0 Å². The van der Waals surface area contributed by atoms with E-state index in [0.717, 1.165) is 18.9 Å². The van der Waals surface area contributed by atoms with Crippen molar-refractivity contribution in [2.75, 3.05) is 11.9 Å². The standard InChI is InChI=1S/C17H16IN3O3S/c1-10-8-11(18)5-6-12(10)19-14(22)9-21-15(23)17(2,20-16(21)24)13-4-3-7-25-13/h3-8H,9H2,1-2H3,(H,19,22)(H,20,24). The number of nitrogens with one attached hydrogen (secondary N) is 2. The molecule has 0 radical (unpaired) electrons. The van der Waals surface area contributed by atoms with Crippen LogP contribution in [-0.2, 0) is 15.1 Å². The quantitative estimate of drug-likeness (QED) is 0.534. The number of carbonyl (C=O) groups excluding carboxylic acids is 3. The van der Waals surface area contributed by atoms with Crippen LogP contribution in [0.15, 0.2) is 35.7 Å². The molecule has 2 aromatic rings. The number of benzene rings is 1. The summed E-state index contributed by atoms with van der Waals surface area (Å²) < 4.78 is 1.06. The second kappa shape index (κ2) is 6.75. The average Bonchev–Trinajstić information content (AvgIpc) is 3.15. The number of amides is 4. The van der Waals surface area contributed by atoms with Crippen LogP contribution in [0, 0.1) is 10.5 Å². The van der Waals surface area contributed by atoms with E-state index in [1.54, 1.807) is 19.1 Å². The fourth-order valence-corrected chi connectivity index (χ4v) is 4.15. The number of aryl methyl sites for hydroxylation is 1. The first-order valence-electron chi connectivity index (χ1n) is 7.55. The van der Waals surface area contributed by atoms with E-state index in [4.69, 9.17) is 0 Å². The zero-order valence-electron chi connectivity index (χ0n) is 13.6. The molecule has 1 atom stereocenters. The van der Waals surface area contributed by atoms with E-state index in [-0.39, 0.29) is 6.54 Å². The van der Waals surface area contributed by atoms with Gasteiger partial charge in [0.25, 0.3) is 5.91 Å². The highest BCUT2D eigenvalue weighted by Crippen LogP contribution is 2.31. The normalized spacial score (nSPS) is 19.9. The summed E-state index contributed by atoms with van der Waals surface area (Å²) in [6, 6.07) is 8.68. The average molecular weight is 469 g/mol. The third-order valence-electron chi connectivity index (χ3n) is 4.05. The van der Waals surface area contributed by atoms with Gasteiger partial charge in [0, 0.05) is 14.1 Å². The van der Waals surface area contributed by atoms with Gasteiger partial charge in [-0.1, -0.05) is 6.07 Å². The Hall–Kier alpha value is -1.94. The van der Waals surface area contributed by atoms with Crippen LogP contribution in [0.2, 0.25) is 0 Å². The Balaban J connectivity index is 1.73. The van der Waals surface area contributed by atoms with Crippen LogP contribution in [0.1, 0.15) is 17.4 Å². The molecule has 1 aliphatic heterocycles. The maximum absolute atomic E-state index is 12.7. The fourth-order valence-electron chi connectivity index (χ4n) is 2.67. The maximum Gasteiger partial charge on any atom is 0.325 e. The van der Waals surface area contributed by atoms with Gasteiger partial charge in [-0.3, -0.25) is 14.5 Å². The van der Waals surface area contributed by atoms with Gasteiger partial charge in [0.2, 0.25) is 5.91 Å². The van der Waals surface area contributed by atoms with E-state index >= 15 is 0 Å². The van der Waals surface area contributed by atoms with Crippen molar-refractivity contribution in [1.82, 2.24) is 10.2 Å². The van der Waals surface area contributed by atoms with E-state index in [1.165, 1.54) is 11.3 Å². The summed E-state index contributed by atoms with van der Waals surface area (Å²) in [4.78, 5) is 38.9. The van der Waals surface area contributed by atoms with Crippen LogP contribution in [0.25, 0.3) is 0 Å². The summed E-state index contributed by atoms with van der Waals surface area (Å²) in [5.41, 5.74) is 0.462. The van der Waals surface area contributed by atoms with Crippen LogP contribution in [-0.4, -0.2) is 29.3 Å². The molecule has 1 aromatic heterocycles. The van der Waals surface area contributed by atoms with Crippen molar-refractivity contribution in [3.8, 4) is 0 Å². The van der Waals surface area contributed by atoms with Gasteiger partial charge in [-0.25, -0.2) is 4.79 Å². The van der Waals surface area contributed by atoms with Crippen molar-refractivity contribution in [2.45, 2.75) is 19.4 Å². The molecule has 0 bridgehead atoms. The van der Waals surface area contributed by atoms with E-state index < -0.39 is 23.4 Å². The number of anilines is 1. The molecule has 0 spiro atoms. The molecule has 1 fully saturated rings. The minimum absolute atomic E-state index is 0.322.